The van der Waals surface area contributed by atoms with Gasteiger partial charge in [-0.25, -0.2) is 0 Å². The minimum Gasteiger partial charge on any atom is -0.371 e. The molecule has 0 fully saturated rings. The fourth-order valence-electron chi connectivity index (χ4n) is 0.929. The molecular formula is C7H12O. The van der Waals surface area contributed by atoms with Crippen molar-refractivity contribution in [2.24, 2.45) is 0 Å². The SMILES string of the molecule is CC1C=CC[C@@H](C)O1. The van der Waals surface area contributed by atoms with Crippen LogP contribution in [0.3, 0.4) is 0 Å². The van der Waals surface area contributed by atoms with Crippen LogP contribution in [0.4, 0.5) is 0 Å². The molecule has 1 nitrogen and oxygen atoms in total. The van der Waals surface area contributed by atoms with Gasteiger partial charge in [0.05, 0.1) is 12.2 Å². The summed E-state index contributed by atoms with van der Waals surface area (Å²) in [6, 6.07) is 0. The van der Waals surface area contributed by atoms with Crippen molar-refractivity contribution < 1.29 is 4.74 Å². The van der Waals surface area contributed by atoms with Crippen LogP contribution in [0.15, 0.2) is 12.2 Å². The number of rotatable bonds is 0. The maximum atomic E-state index is 5.40. The summed E-state index contributed by atoms with van der Waals surface area (Å²) in [5.41, 5.74) is 0. The molecule has 8 heavy (non-hydrogen) atoms. The van der Waals surface area contributed by atoms with E-state index in [1.165, 1.54) is 0 Å². The standard InChI is InChI=1S/C7H12O/c1-6-4-3-5-7(2)8-6/h3-4,6-7H,5H2,1-2H3/t6?,7-/m1/s1. The second kappa shape index (κ2) is 2.31. The first kappa shape index (κ1) is 5.83. The molecule has 1 aliphatic heterocycles. The highest BCUT2D eigenvalue weighted by Crippen LogP contribution is 2.09. The van der Waals surface area contributed by atoms with Crippen molar-refractivity contribution in [1.29, 1.82) is 0 Å². The fraction of sp³-hybridized carbons (Fsp3) is 0.714. The van der Waals surface area contributed by atoms with Crippen LogP contribution in [0, 0.1) is 0 Å². The van der Waals surface area contributed by atoms with Gasteiger partial charge in [0.2, 0.25) is 0 Å². The summed E-state index contributed by atoms with van der Waals surface area (Å²) < 4.78 is 5.40. The Morgan fingerprint density at radius 1 is 1.50 bits per heavy atom. The van der Waals surface area contributed by atoms with E-state index in [1.54, 1.807) is 0 Å². The quantitative estimate of drug-likeness (QED) is 0.434. The molecule has 0 aromatic heterocycles. The lowest BCUT2D eigenvalue weighted by Gasteiger charge is -2.19. The van der Waals surface area contributed by atoms with Crippen LogP contribution < -0.4 is 0 Å². The van der Waals surface area contributed by atoms with E-state index in [4.69, 9.17) is 4.74 Å². The Balaban J connectivity index is 2.42. The zero-order chi connectivity index (χ0) is 5.98. The zero-order valence-electron chi connectivity index (χ0n) is 5.42. The van der Waals surface area contributed by atoms with Crippen LogP contribution in [0.2, 0.25) is 0 Å². The van der Waals surface area contributed by atoms with Gasteiger partial charge in [-0.15, -0.1) is 0 Å². The average Bonchev–Trinajstić information content (AvgIpc) is 1.64. The molecule has 1 heterocycles. The maximum absolute atomic E-state index is 5.40. The van der Waals surface area contributed by atoms with Crippen molar-refractivity contribution in [3.63, 3.8) is 0 Å². The van der Waals surface area contributed by atoms with Crippen LogP contribution in [-0.4, -0.2) is 12.2 Å². The Kier molecular flexibility index (Phi) is 1.69. The van der Waals surface area contributed by atoms with Gasteiger partial charge in [0, 0.05) is 0 Å². The molecule has 0 amide bonds. The van der Waals surface area contributed by atoms with E-state index in [9.17, 15) is 0 Å². The highest BCUT2D eigenvalue weighted by molar-refractivity contribution is 4.92. The Morgan fingerprint density at radius 2 is 2.25 bits per heavy atom. The van der Waals surface area contributed by atoms with Crippen molar-refractivity contribution in [2.75, 3.05) is 0 Å². The summed E-state index contributed by atoms with van der Waals surface area (Å²) in [4.78, 5) is 0. The molecule has 1 aliphatic rings. The number of hydrogen-bond donors (Lipinski definition) is 0. The predicted octanol–water partition coefficient (Wildman–Crippen LogP) is 1.74. The Hall–Kier alpha value is -0.300. The highest BCUT2D eigenvalue weighted by atomic mass is 16.5. The van der Waals surface area contributed by atoms with Crippen LogP contribution in [0.1, 0.15) is 20.3 Å². The van der Waals surface area contributed by atoms with E-state index in [-0.39, 0.29) is 0 Å². The normalized spacial score (nSPS) is 37.8. The average molecular weight is 112 g/mol. The lowest BCUT2D eigenvalue weighted by molar-refractivity contribution is 0.0276. The third-order valence-electron chi connectivity index (χ3n) is 1.32. The maximum Gasteiger partial charge on any atom is 0.0731 e. The summed E-state index contributed by atoms with van der Waals surface area (Å²) in [6.07, 6.45) is 6.11. The van der Waals surface area contributed by atoms with Crippen molar-refractivity contribution in [3.05, 3.63) is 12.2 Å². The van der Waals surface area contributed by atoms with Gasteiger partial charge >= 0.3 is 0 Å². The monoisotopic (exact) mass is 112 g/mol. The first-order valence-corrected chi connectivity index (χ1v) is 3.11. The van der Waals surface area contributed by atoms with Gasteiger partial charge in [0.25, 0.3) is 0 Å². The first-order valence-electron chi connectivity index (χ1n) is 3.11. The van der Waals surface area contributed by atoms with Gasteiger partial charge in [0.15, 0.2) is 0 Å². The molecule has 0 saturated carbocycles. The molecule has 0 aromatic carbocycles. The van der Waals surface area contributed by atoms with Gasteiger partial charge in [-0.05, 0) is 20.3 Å². The molecule has 0 bridgehead atoms. The fourth-order valence-corrected chi connectivity index (χ4v) is 0.929. The third-order valence-corrected chi connectivity index (χ3v) is 1.32. The largest absolute Gasteiger partial charge is 0.371 e. The van der Waals surface area contributed by atoms with Crippen LogP contribution in [0.5, 0.6) is 0 Å². The van der Waals surface area contributed by atoms with Crippen molar-refractivity contribution in [2.45, 2.75) is 32.5 Å². The topological polar surface area (TPSA) is 9.23 Å². The summed E-state index contributed by atoms with van der Waals surface area (Å²) in [7, 11) is 0. The summed E-state index contributed by atoms with van der Waals surface area (Å²) in [5.74, 6) is 0. The molecule has 1 unspecified atom stereocenters. The van der Waals surface area contributed by atoms with Crippen molar-refractivity contribution in [1.82, 2.24) is 0 Å². The second-order valence-corrected chi connectivity index (χ2v) is 2.32. The minimum atomic E-state index is 0.332. The zero-order valence-corrected chi connectivity index (χ0v) is 5.42. The van der Waals surface area contributed by atoms with Crippen molar-refractivity contribution in [3.8, 4) is 0 Å². The van der Waals surface area contributed by atoms with Crippen LogP contribution in [-0.2, 0) is 4.74 Å². The lowest BCUT2D eigenvalue weighted by Crippen LogP contribution is -2.17. The molecule has 1 rings (SSSR count). The molecule has 2 atom stereocenters. The Labute approximate surface area is 50.3 Å². The van der Waals surface area contributed by atoms with Gasteiger partial charge in [-0.2, -0.15) is 0 Å². The van der Waals surface area contributed by atoms with E-state index < -0.39 is 0 Å². The first-order chi connectivity index (χ1) is 3.79. The van der Waals surface area contributed by atoms with E-state index >= 15 is 0 Å². The van der Waals surface area contributed by atoms with Crippen LogP contribution in [0.25, 0.3) is 0 Å². The molecule has 0 saturated heterocycles. The minimum absolute atomic E-state index is 0.332. The van der Waals surface area contributed by atoms with E-state index in [1.807, 2.05) is 0 Å². The predicted molar refractivity (Wildman–Crippen MR) is 33.8 cm³/mol. The molecule has 0 N–H and O–H groups in total. The number of ether oxygens (including phenoxy) is 1. The summed E-state index contributed by atoms with van der Waals surface area (Å²) in [6.45, 7) is 4.16. The molecule has 46 valence electrons. The molecule has 0 aromatic rings. The van der Waals surface area contributed by atoms with Gasteiger partial charge < -0.3 is 4.74 Å². The van der Waals surface area contributed by atoms with E-state index in [0.717, 1.165) is 6.42 Å². The smallest absolute Gasteiger partial charge is 0.0731 e. The van der Waals surface area contributed by atoms with Crippen LogP contribution >= 0.6 is 0 Å². The third kappa shape index (κ3) is 1.34. The number of hydrogen-bond acceptors (Lipinski definition) is 1. The highest BCUT2D eigenvalue weighted by Gasteiger charge is 2.07. The Morgan fingerprint density at radius 3 is 2.62 bits per heavy atom. The molecule has 1 heteroatoms. The van der Waals surface area contributed by atoms with Gasteiger partial charge in [0.1, 0.15) is 0 Å². The van der Waals surface area contributed by atoms with Crippen molar-refractivity contribution >= 4 is 0 Å². The molecule has 0 radical (unpaired) electrons. The van der Waals surface area contributed by atoms with E-state index in [0.29, 0.717) is 12.2 Å². The molecular weight excluding hydrogens is 100 g/mol. The van der Waals surface area contributed by atoms with E-state index in [2.05, 4.69) is 26.0 Å². The summed E-state index contributed by atoms with van der Waals surface area (Å²) >= 11 is 0. The molecule has 0 spiro atoms. The van der Waals surface area contributed by atoms with Gasteiger partial charge in [-0.3, -0.25) is 0 Å². The summed E-state index contributed by atoms with van der Waals surface area (Å²) in [5, 5.41) is 0. The van der Waals surface area contributed by atoms with Gasteiger partial charge in [-0.1, -0.05) is 12.2 Å². The lowest BCUT2D eigenvalue weighted by atomic mass is 10.2. The Bertz CT molecular complexity index is 96.6. The second-order valence-electron chi connectivity index (χ2n) is 2.32. The molecule has 0 aliphatic carbocycles.